The fourth-order valence-electron chi connectivity index (χ4n) is 9.09. The Morgan fingerprint density at radius 1 is 0.312 bits per heavy atom. The molecule has 0 aliphatic heterocycles. The maximum Gasteiger partial charge on any atom is 0.472 e. The van der Waals surface area contributed by atoms with Crippen molar-refractivity contribution >= 4 is 39.5 Å². The van der Waals surface area contributed by atoms with Gasteiger partial charge in [0.1, 0.15) is 19.3 Å². The van der Waals surface area contributed by atoms with Crippen LogP contribution in [0.3, 0.4) is 0 Å². The van der Waals surface area contributed by atoms with E-state index in [4.69, 9.17) is 37.0 Å². The van der Waals surface area contributed by atoms with Crippen LogP contribution in [-0.2, 0) is 65.4 Å². The summed E-state index contributed by atoms with van der Waals surface area (Å²) in [4.78, 5) is 72.6. The molecule has 0 heterocycles. The summed E-state index contributed by atoms with van der Waals surface area (Å²) in [5.74, 6) is -2.37. The van der Waals surface area contributed by atoms with Crippen molar-refractivity contribution in [1.29, 1.82) is 0 Å². The highest BCUT2D eigenvalue weighted by Crippen LogP contribution is 2.45. The van der Waals surface area contributed by atoms with Gasteiger partial charge in [0, 0.05) is 19.3 Å². The highest BCUT2D eigenvalue weighted by atomic mass is 31.2. The number of ether oxygens (including phenoxy) is 4. The van der Waals surface area contributed by atoms with Crippen molar-refractivity contribution in [2.75, 3.05) is 39.6 Å². The minimum absolute atomic E-state index is 0.0560. The molecule has 5 atom stereocenters. The lowest BCUT2D eigenvalue weighted by Gasteiger charge is -2.21. The quantitative estimate of drug-likeness (QED) is 0.0169. The van der Waals surface area contributed by atoms with Gasteiger partial charge < -0.3 is 33.8 Å². The van der Waals surface area contributed by atoms with Gasteiger partial charge in [-0.05, 0) is 128 Å². The van der Waals surface area contributed by atoms with E-state index in [1.165, 1.54) is 12.8 Å². The number of hydrogen-bond acceptors (Lipinski definition) is 15. The first-order chi connectivity index (χ1) is 46.7. The molecule has 0 saturated heterocycles. The van der Waals surface area contributed by atoms with Gasteiger partial charge in [-0.3, -0.25) is 37.3 Å². The Bertz CT molecular complexity index is 2350. The predicted molar refractivity (Wildman–Crippen MR) is 390 cm³/mol. The van der Waals surface area contributed by atoms with E-state index in [2.05, 4.69) is 137 Å². The molecule has 96 heavy (non-hydrogen) atoms. The summed E-state index contributed by atoms with van der Waals surface area (Å²) in [5.41, 5.74) is 0. The number of hydrogen-bond donors (Lipinski definition) is 3. The summed E-state index contributed by atoms with van der Waals surface area (Å²) in [7, 11) is -9.98. The van der Waals surface area contributed by atoms with Gasteiger partial charge in [0.25, 0.3) is 0 Å². The van der Waals surface area contributed by atoms with E-state index in [9.17, 15) is 43.2 Å². The second-order valence-electron chi connectivity index (χ2n) is 23.8. The van der Waals surface area contributed by atoms with Crippen LogP contribution in [0, 0.1) is 0 Å². The molecule has 548 valence electrons. The van der Waals surface area contributed by atoms with Gasteiger partial charge in [0.05, 0.1) is 32.8 Å². The normalized spacial score (nSPS) is 14.8. The number of esters is 4. The molecule has 19 heteroatoms. The predicted octanol–water partition coefficient (Wildman–Crippen LogP) is 20.5. The van der Waals surface area contributed by atoms with Crippen molar-refractivity contribution in [1.82, 2.24) is 0 Å². The monoisotopic (exact) mass is 1390 g/mol. The number of phosphoric acid groups is 2. The lowest BCUT2D eigenvalue weighted by atomic mass is 10.1. The fraction of sp³-hybridized carbons (Fsp3) is 0.662. The van der Waals surface area contributed by atoms with Gasteiger partial charge in [0.15, 0.2) is 12.2 Å². The van der Waals surface area contributed by atoms with Gasteiger partial charge in [0.2, 0.25) is 0 Å². The number of aliphatic hydroxyl groups is 1. The molecule has 17 nitrogen and oxygen atoms in total. The molecular weight excluding hydrogens is 1260 g/mol. The summed E-state index contributed by atoms with van der Waals surface area (Å²) < 4.78 is 68.2. The van der Waals surface area contributed by atoms with Gasteiger partial charge in [-0.1, -0.05) is 251 Å². The van der Waals surface area contributed by atoms with Crippen LogP contribution in [0.5, 0.6) is 0 Å². The molecule has 0 amide bonds. The van der Waals surface area contributed by atoms with Crippen LogP contribution < -0.4 is 0 Å². The third-order valence-corrected chi connectivity index (χ3v) is 16.5. The Labute approximate surface area is 580 Å². The summed E-state index contributed by atoms with van der Waals surface area (Å²) in [5, 5.41) is 10.6. The van der Waals surface area contributed by atoms with Gasteiger partial charge >= 0.3 is 39.5 Å². The number of aliphatic hydroxyl groups excluding tert-OH is 1. The van der Waals surface area contributed by atoms with E-state index < -0.39 is 97.5 Å². The molecule has 0 aliphatic carbocycles. The topological polar surface area (TPSA) is 237 Å². The standard InChI is InChI=1S/C77H128O17P2/c1-5-9-13-17-21-25-29-32-34-35-37-40-43-46-50-54-58-62-75(80)87-67-72(93-76(81)63-59-55-51-47-41-28-24-20-16-12-8-4)69-91-95(83,84)89-65-71(78)66-90-96(85,86)92-70-73(94-77(82)64-60-56-52-48-44-38-31-27-23-19-15-11-7-3)68-88-74(79)61-57-53-49-45-42-39-36-33-30-26-22-18-14-10-6-2/h9-10,13-15,19-22,24-27,31-34,36,42,45,53,57,71-73,78H,5-8,11-12,16-18,23,28-30,35,37-41,43-44,46-52,54-56,58-70H2,1-4H3,(H,83,84)(H,85,86)/b13-9-,14-10-,19-15-,24-20-,25-21-,26-22-,31-27-,34-32-,36-33-,45-42-,57-53-. The molecule has 0 aromatic rings. The van der Waals surface area contributed by atoms with Gasteiger partial charge in [-0.15, -0.1) is 0 Å². The van der Waals surface area contributed by atoms with Crippen LogP contribution in [0.1, 0.15) is 272 Å². The maximum atomic E-state index is 13.0. The average Bonchev–Trinajstić information content (AvgIpc) is 1.84. The number of carbonyl (C=O) groups is 4. The van der Waals surface area contributed by atoms with E-state index in [1.807, 2.05) is 18.2 Å². The average molecular weight is 1390 g/mol. The van der Waals surface area contributed by atoms with Crippen LogP contribution in [0.4, 0.5) is 0 Å². The zero-order chi connectivity index (χ0) is 70.4. The Balaban J connectivity index is 5.40. The number of carbonyl (C=O) groups excluding carboxylic acids is 4. The van der Waals surface area contributed by atoms with E-state index in [1.54, 1.807) is 6.08 Å². The van der Waals surface area contributed by atoms with E-state index >= 15 is 0 Å². The molecular formula is C77H128O17P2. The fourth-order valence-corrected chi connectivity index (χ4v) is 10.7. The molecule has 0 radical (unpaired) electrons. The molecule has 0 aliphatic rings. The van der Waals surface area contributed by atoms with Crippen LogP contribution in [-0.4, -0.2) is 96.7 Å². The zero-order valence-electron chi connectivity index (χ0n) is 59.5. The zero-order valence-corrected chi connectivity index (χ0v) is 61.3. The number of unbranched alkanes of at least 4 members (excludes halogenated alkanes) is 20. The summed E-state index contributed by atoms with van der Waals surface area (Å²) in [6.45, 7) is 4.36. The number of allylic oxidation sites excluding steroid dienone is 21. The van der Waals surface area contributed by atoms with Crippen molar-refractivity contribution < 1.29 is 80.2 Å². The summed E-state index contributed by atoms with van der Waals surface area (Å²) in [6.07, 6.45) is 74.9. The molecule has 0 bridgehead atoms. The Kier molecular flexibility index (Phi) is 65.3. The van der Waals surface area contributed by atoms with Crippen LogP contribution in [0.2, 0.25) is 0 Å². The second-order valence-corrected chi connectivity index (χ2v) is 26.7. The third-order valence-electron chi connectivity index (χ3n) is 14.6. The molecule has 0 spiro atoms. The lowest BCUT2D eigenvalue weighted by molar-refractivity contribution is -0.161. The molecule has 0 fully saturated rings. The van der Waals surface area contributed by atoms with Gasteiger partial charge in [-0.25, -0.2) is 9.13 Å². The largest absolute Gasteiger partial charge is 0.472 e. The minimum Gasteiger partial charge on any atom is -0.462 e. The highest BCUT2D eigenvalue weighted by molar-refractivity contribution is 7.47. The Morgan fingerprint density at radius 3 is 0.979 bits per heavy atom. The van der Waals surface area contributed by atoms with Crippen molar-refractivity contribution in [3.05, 3.63) is 134 Å². The molecule has 0 aromatic heterocycles. The number of phosphoric ester groups is 2. The summed E-state index contributed by atoms with van der Waals surface area (Å²) in [6, 6.07) is 0. The van der Waals surface area contributed by atoms with Crippen LogP contribution in [0.15, 0.2) is 134 Å². The second kappa shape index (κ2) is 68.7. The van der Waals surface area contributed by atoms with Crippen molar-refractivity contribution in [2.45, 2.75) is 290 Å². The number of rotatable bonds is 67. The molecule has 5 unspecified atom stereocenters. The first kappa shape index (κ1) is 91.2. The smallest absolute Gasteiger partial charge is 0.462 e. The van der Waals surface area contributed by atoms with E-state index in [0.29, 0.717) is 25.7 Å². The molecule has 0 rings (SSSR count). The SMILES string of the molecule is CC/C=C\C/C=C\C/C=C\C/C=C\C/C=C\CC(=O)OCC(COP(=O)(O)OCC(O)COP(=O)(O)OCC(COC(=O)CCCCCCCCC/C=C\C/C=C\C/C=C\CC)OC(=O)CCCCCCC/C=C\CCCC)OC(=O)CCCCCCC/C=C\C/C=C\CCC. The van der Waals surface area contributed by atoms with Crippen molar-refractivity contribution in [3.8, 4) is 0 Å². The first-order valence-corrected chi connectivity index (χ1v) is 39.4. The van der Waals surface area contributed by atoms with Crippen molar-refractivity contribution in [2.24, 2.45) is 0 Å². The molecule has 0 aromatic carbocycles. The maximum absolute atomic E-state index is 13.0. The van der Waals surface area contributed by atoms with E-state index in [-0.39, 0.29) is 25.7 Å². The third kappa shape index (κ3) is 67.8. The van der Waals surface area contributed by atoms with E-state index in [0.717, 1.165) is 180 Å². The highest BCUT2D eigenvalue weighted by Gasteiger charge is 2.30. The Hall–Kier alpha value is -4.80. The van der Waals surface area contributed by atoms with Crippen molar-refractivity contribution in [3.63, 3.8) is 0 Å². The lowest BCUT2D eigenvalue weighted by Crippen LogP contribution is -2.30. The summed E-state index contributed by atoms with van der Waals surface area (Å²) >= 11 is 0. The Morgan fingerprint density at radius 2 is 0.604 bits per heavy atom. The van der Waals surface area contributed by atoms with Crippen LogP contribution >= 0.6 is 15.6 Å². The molecule has 3 N–H and O–H groups in total. The van der Waals surface area contributed by atoms with Gasteiger partial charge in [-0.2, -0.15) is 0 Å². The first-order valence-electron chi connectivity index (χ1n) is 36.4. The van der Waals surface area contributed by atoms with Crippen LogP contribution in [0.25, 0.3) is 0 Å². The molecule has 0 saturated carbocycles. The minimum atomic E-state index is -5.00.